The van der Waals surface area contributed by atoms with Gasteiger partial charge in [0.05, 0.1) is 6.04 Å². The molecule has 8 nitrogen and oxygen atoms in total. The zero-order valence-electron chi connectivity index (χ0n) is 20.6. The molecule has 0 aliphatic heterocycles. The minimum absolute atomic E-state index is 0.0833. The molecule has 0 aromatic heterocycles. The van der Waals surface area contributed by atoms with Crippen LogP contribution in [-0.4, -0.2) is 42.3 Å². The normalized spacial score (nSPS) is 15.8. The number of carbonyl (C=O) groups excluding carboxylic acids is 4. The average Bonchev–Trinajstić information content (AvgIpc) is 2.84. The zero-order chi connectivity index (χ0) is 24.9. The molecule has 3 N–H and O–H groups in total. The molecule has 1 saturated carbocycles. The summed E-state index contributed by atoms with van der Waals surface area (Å²) in [5, 5.41) is 7.99. The van der Waals surface area contributed by atoms with Crippen molar-refractivity contribution in [3.05, 3.63) is 35.9 Å². The number of ketones is 1. The molecule has 1 aliphatic carbocycles. The fourth-order valence-corrected chi connectivity index (χ4v) is 4.11. The van der Waals surface area contributed by atoms with Gasteiger partial charge >= 0.3 is 6.09 Å². The van der Waals surface area contributed by atoms with Crippen LogP contribution in [0, 0.1) is 11.8 Å². The van der Waals surface area contributed by atoms with Crippen LogP contribution < -0.4 is 16.0 Å². The predicted octanol–water partition coefficient (Wildman–Crippen LogP) is 3.49. The molecule has 34 heavy (non-hydrogen) atoms. The maximum absolute atomic E-state index is 12.9. The number of hydrogen-bond donors (Lipinski definition) is 3. The summed E-state index contributed by atoms with van der Waals surface area (Å²) in [5.74, 6) is -1.33. The molecule has 1 aromatic rings. The first-order valence-corrected chi connectivity index (χ1v) is 12.4. The van der Waals surface area contributed by atoms with Gasteiger partial charge in [0.1, 0.15) is 12.6 Å². The summed E-state index contributed by atoms with van der Waals surface area (Å²) in [6.45, 7) is 6.16. The Morgan fingerprint density at radius 3 is 2.26 bits per heavy atom. The standard InChI is InChI=1S/C26H39N3O5/c1-4-21(23(30)25(32)27-16-19-11-7-5-8-12-19)28-24(31)22(15-18(2)3)29-26(33)34-17-20-13-9-6-10-14-20/h6,9-10,13-14,18-19,21-22H,4-5,7-8,11-12,15-17H2,1-3H3,(H,27,32)(H,28,31)(H,29,33)/t21-,22-/m0/s1. The lowest BCUT2D eigenvalue weighted by molar-refractivity contribution is -0.140. The smallest absolute Gasteiger partial charge is 0.408 e. The Hall–Kier alpha value is -2.90. The number of amides is 3. The Morgan fingerprint density at radius 1 is 0.971 bits per heavy atom. The van der Waals surface area contributed by atoms with Crippen molar-refractivity contribution in [2.45, 2.75) is 84.4 Å². The van der Waals surface area contributed by atoms with E-state index < -0.39 is 35.8 Å². The number of hydrogen-bond acceptors (Lipinski definition) is 5. The van der Waals surface area contributed by atoms with Gasteiger partial charge in [-0.15, -0.1) is 0 Å². The number of ether oxygens (including phenoxy) is 1. The van der Waals surface area contributed by atoms with E-state index in [1.54, 1.807) is 6.92 Å². The van der Waals surface area contributed by atoms with Crippen LogP contribution in [0.25, 0.3) is 0 Å². The van der Waals surface area contributed by atoms with Crippen molar-refractivity contribution in [2.75, 3.05) is 6.54 Å². The van der Waals surface area contributed by atoms with Gasteiger partial charge in [-0.1, -0.05) is 70.4 Å². The number of benzene rings is 1. The van der Waals surface area contributed by atoms with Crippen molar-refractivity contribution >= 4 is 23.7 Å². The second-order valence-corrected chi connectivity index (χ2v) is 9.44. The van der Waals surface area contributed by atoms with Gasteiger partial charge < -0.3 is 20.7 Å². The van der Waals surface area contributed by atoms with E-state index in [9.17, 15) is 19.2 Å². The molecular weight excluding hydrogens is 434 g/mol. The van der Waals surface area contributed by atoms with Crippen molar-refractivity contribution in [3.8, 4) is 0 Å². The van der Waals surface area contributed by atoms with E-state index in [0.29, 0.717) is 18.9 Å². The Balaban J connectivity index is 1.89. The maximum Gasteiger partial charge on any atom is 0.408 e. The van der Waals surface area contributed by atoms with E-state index in [-0.39, 0.29) is 18.9 Å². The highest BCUT2D eigenvalue weighted by atomic mass is 16.5. The zero-order valence-corrected chi connectivity index (χ0v) is 20.6. The van der Waals surface area contributed by atoms with Gasteiger partial charge in [-0.2, -0.15) is 0 Å². The van der Waals surface area contributed by atoms with E-state index in [1.165, 1.54) is 6.42 Å². The quantitative estimate of drug-likeness (QED) is 0.402. The van der Waals surface area contributed by atoms with E-state index in [4.69, 9.17) is 4.74 Å². The van der Waals surface area contributed by atoms with Crippen molar-refractivity contribution in [3.63, 3.8) is 0 Å². The van der Waals surface area contributed by atoms with E-state index in [0.717, 1.165) is 31.2 Å². The highest BCUT2D eigenvalue weighted by Gasteiger charge is 2.30. The first kappa shape index (κ1) is 27.3. The highest BCUT2D eigenvalue weighted by Crippen LogP contribution is 2.22. The van der Waals surface area contributed by atoms with Gasteiger partial charge in [0.15, 0.2) is 0 Å². The highest BCUT2D eigenvalue weighted by molar-refractivity contribution is 6.38. The van der Waals surface area contributed by atoms with Crippen LogP contribution in [-0.2, 0) is 25.7 Å². The molecule has 188 valence electrons. The molecule has 0 heterocycles. The molecule has 0 unspecified atom stereocenters. The molecular formula is C26H39N3O5. The third-order valence-corrected chi connectivity index (χ3v) is 6.07. The number of carbonyl (C=O) groups is 4. The van der Waals surface area contributed by atoms with Gasteiger partial charge in [-0.25, -0.2) is 4.79 Å². The maximum atomic E-state index is 12.9. The Morgan fingerprint density at radius 2 is 1.65 bits per heavy atom. The SMILES string of the molecule is CC[C@H](NC(=O)[C@H](CC(C)C)NC(=O)OCc1ccccc1)C(=O)C(=O)NCC1CCCCC1. The summed E-state index contributed by atoms with van der Waals surface area (Å²) < 4.78 is 5.24. The van der Waals surface area contributed by atoms with E-state index >= 15 is 0 Å². The first-order chi connectivity index (χ1) is 16.3. The molecule has 2 atom stereocenters. The second kappa shape index (κ2) is 14.4. The molecule has 0 spiro atoms. The topological polar surface area (TPSA) is 114 Å². The molecule has 0 bridgehead atoms. The first-order valence-electron chi connectivity index (χ1n) is 12.4. The number of alkyl carbamates (subject to hydrolysis) is 1. The average molecular weight is 474 g/mol. The molecule has 1 fully saturated rings. The van der Waals surface area contributed by atoms with Gasteiger partial charge in [0.2, 0.25) is 11.7 Å². The summed E-state index contributed by atoms with van der Waals surface area (Å²) in [7, 11) is 0. The Labute approximate surface area is 202 Å². The van der Waals surface area contributed by atoms with Gasteiger partial charge in [0.25, 0.3) is 5.91 Å². The molecule has 3 amide bonds. The molecule has 0 saturated heterocycles. The summed E-state index contributed by atoms with van der Waals surface area (Å²) in [6.07, 6.45) is 5.57. The van der Waals surface area contributed by atoms with Crippen LogP contribution in [0.2, 0.25) is 0 Å². The largest absolute Gasteiger partial charge is 0.445 e. The van der Waals surface area contributed by atoms with Crippen LogP contribution in [0.5, 0.6) is 0 Å². The fraction of sp³-hybridized carbons (Fsp3) is 0.615. The lowest BCUT2D eigenvalue weighted by Crippen LogP contribution is -2.54. The third kappa shape index (κ3) is 9.53. The third-order valence-electron chi connectivity index (χ3n) is 6.07. The number of Topliss-reactive ketones (excluding diaryl/α,β-unsaturated/α-hetero) is 1. The van der Waals surface area contributed by atoms with Crippen LogP contribution in [0.3, 0.4) is 0 Å². The van der Waals surface area contributed by atoms with Gasteiger partial charge in [-0.05, 0) is 43.1 Å². The summed E-state index contributed by atoms with van der Waals surface area (Å²) in [6, 6.07) is 7.41. The second-order valence-electron chi connectivity index (χ2n) is 9.44. The molecule has 8 heteroatoms. The lowest BCUT2D eigenvalue weighted by Gasteiger charge is -2.24. The van der Waals surface area contributed by atoms with Gasteiger partial charge in [-0.3, -0.25) is 14.4 Å². The Kier molecular flexibility index (Phi) is 11.6. The van der Waals surface area contributed by atoms with Gasteiger partial charge in [0, 0.05) is 6.54 Å². The molecule has 0 radical (unpaired) electrons. The van der Waals surface area contributed by atoms with Crippen molar-refractivity contribution in [1.29, 1.82) is 0 Å². The lowest BCUT2D eigenvalue weighted by atomic mass is 9.89. The number of rotatable bonds is 12. The van der Waals surface area contributed by atoms with Crippen LogP contribution in [0.15, 0.2) is 30.3 Å². The van der Waals surface area contributed by atoms with Crippen LogP contribution >= 0.6 is 0 Å². The van der Waals surface area contributed by atoms with Crippen molar-refractivity contribution in [1.82, 2.24) is 16.0 Å². The predicted molar refractivity (Wildman–Crippen MR) is 130 cm³/mol. The monoisotopic (exact) mass is 473 g/mol. The minimum atomic E-state index is -0.948. The van der Waals surface area contributed by atoms with Crippen LogP contribution in [0.1, 0.15) is 71.3 Å². The molecule has 1 aliphatic rings. The van der Waals surface area contributed by atoms with Crippen molar-refractivity contribution in [2.24, 2.45) is 11.8 Å². The van der Waals surface area contributed by atoms with Crippen LogP contribution in [0.4, 0.5) is 4.79 Å². The van der Waals surface area contributed by atoms with E-state index in [1.807, 2.05) is 44.2 Å². The summed E-state index contributed by atoms with van der Waals surface area (Å²) in [4.78, 5) is 50.3. The molecule has 2 rings (SSSR count). The number of nitrogens with one attached hydrogen (secondary N) is 3. The summed E-state index contributed by atoms with van der Waals surface area (Å²) in [5.41, 5.74) is 0.832. The fourth-order valence-electron chi connectivity index (χ4n) is 4.11. The molecule has 1 aromatic carbocycles. The summed E-state index contributed by atoms with van der Waals surface area (Å²) >= 11 is 0. The Bertz CT molecular complexity index is 806. The van der Waals surface area contributed by atoms with E-state index in [2.05, 4.69) is 16.0 Å². The minimum Gasteiger partial charge on any atom is -0.445 e. The van der Waals surface area contributed by atoms with Crippen molar-refractivity contribution < 1.29 is 23.9 Å².